The fraction of sp³-hybridized carbons (Fsp3) is 0.333. The van der Waals surface area contributed by atoms with E-state index in [1.54, 1.807) is 11.3 Å². The van der Waals surface area contributed by atoms with Crippen molar-refractivity contribution < 1.29 is 4.74 Å². The molecule has 0 bridgehead atoms. The molecule has 1 N–H and O–H groups in total. The summed E-state index contributed by atoms with van der Waals surface area (Å²) in [5, 5.41) is 7.59. The Bertz CT molecular complexity index is 465. The van der Waals surface area contributed by atoms with E-state index in [0.29, 0.717) is 12.6 Å². The van der Waals surface area contributed by atoms with Gasteiger partial charge in [-0.15, -0.1) is 0 Å². The largest absolute Gasteiger partial charge is 0.489 e. The molecule has 1 aromatic carbocycles. The predicted octanol–water partition coefficient (Wildman–Crippen LogP) is 3.83. The van der Waals surface area contributed by atoms with Crippen molar-refractivity contribution >= 4 is 11.3 Å². The van der Waals surface area contributed by atoms with Crippen LogP contribution in [0.3, 0.4) is 0 Å². The van der Waals surface area contributed by atoms with Gasteiger partial charge in [-0.05, 0) is 40.1 Å². The van der Waals surface area contributed by atoms with Gasteiger partial charge in [0.15, 0.2) is 0 Å². The van der Waals surface area contributed by atoms with Gasteiger partial charge in [-0.3, -0.25) is 0 Å². The summed E-state index contributed by atoms with van der Waals surface area (Å²) in [7, 11) is 0. The average molecular weight is 261 g/mol. The monoisotopic (exact) mass is 261 g/mol. The minimum absolute atomic E-state index is 0.500. The van der Waals surface area contributed by atoms with Crippen molar-refractivity contribution in [2.75, 3.05) is 0 Å². The first-order valence-corrected chi connectivity index (χ1v) is 7.14. The molecule has 0 atom stereocenters. The van der Waals surface area contributed by atoms with Gasteiger partial charge < -0.3 is 10.1 Å². The lowest BCUT2D eigenvalue weighted by Gasteiger charge is -2.10. The first-order chi connectivity index (χ1) is 8.74. The number of rotatable bonds is 6. The minimum atomic E-state index is 0.500. The Morgan fingerprint density at radius 2 is 2.11 bits per heavy atom. The van der Waals surface area contributed by atoms with Crippen LogP contribution >= 0.6 is 11.3 Å². The summed E-state index contributed by atoms with van der Waals surface area (Å²) in [6.45, 7) is 5.83. The Morgan fingerprint density at radius 1 is 1.22 bits per heavy atom. The van der Waals surface area contributed by atoms with E-state index >= 15 is 0 Å². The van der Waals surface area contributed by atoms with Gasteiger partial charge in [0.2, 0.25) is 0 Å². The molecule has 0 fully saturated rings. The highest BCUT2D eigenvalue weighted by Crippen LogP contribution is 2.16. The Balaban J connectivity index is 1.90. The molecule has 0 saturated carbocycles. The smallest absolute Gasteiger partial charge is 0.120 e. The highest BCUT2D eigenvalue weighted by molar-refractivity contribution is 7.07. The topological polar surface area (TPSA) is 21.3 Å². The molecule has 0 spiro atoms. The molecule has 0 saturated heterocycles. The Kier molecular flexibility index (Phi) is 4.79. The van der Waals surface area contributed by atoms with Crippen molar-refractivity contribution in [3.05, 3.63) is 52.2 Å². The number of hydrogen-bond acceptors (Lipinski definition) is 3. The van der Waals surface area contributed by atoms with Crippen LogP contribution in [0.4, 0.5) is 0 Å². The molecule has 0 amide bonds. The van der Waals surface area contributed by atoms with E-state index in [1.165, 1.54) is 11.1 Å². The van der Waals surface area contributed by atoms with Crippen molar-refractivity contribution in [3.8, 4) is 5.75 Å². The number of hydrogen-bond donors (Lipinski definition) is 1. The minimum Gasteiger partial charge on any atom is -0.489 e. The van der Waals surface area contributed by atoms with Crippen LogP contribution in [0.2, 0.25) is 0 Å². The molecule has 0 aliphatic carbocycles. The highest BCUT2D eigenvalue weighted by Gasteiger charge is 1.99. The standard InChI is InChI=1S/C15H19NOS/c1-12(2)16-9-13-4-3-5-15(8-13)17-10-14-6-7-18-11-14/h3-8,11-12,16H,9-10H2,1-2H3. The zero-order valence-electron chi connectivity index (χ0n) is 10.8. The van der Waals surface area contributed by atoms with Crippen LogP contribution in [0.15, 0.2) is 41.1 Å². The van der Waals surface area contributed by atoms with Gasteiger partial charge >= 0.3 is 0 Å². The van der Waals surface area contributed by atoms with Crippen LogP contribution in [0.25, 0.3) is 0 Å². The summed E-state index contributed by atoms with van der Waals surface area (Å²) in [6, 6.07) is 10.9. The number of ether oxygens (including phenoxy) is 1. The molecule has 2 nitrogen and oxygen atoms in total. The van der Waals surface area contributed by atoms with Gasteiger partial charge in [0.1, 0.15) is 12.4 Å². The normalized spacial score (nSPS) is 10.8. The number of benzene rings is 1. The van der Waals surface area contributed by atoms with Gasteiger partial charge in [0.05, 0.1) is 0 Å². The second-order valence-corrected chi connectivity index (χ2v) is 5.38. The van der Waals surface area contributed by atoms with Gasteiger partial charge in [-0.25, -0.2) is 0 Å². The van der Waals surface area contributed by atoms with E-state index in [1.807, 2.05) is 12.1 Å². The second-order valence-electron chi connectivity index (χ2n) is 4.60. The van der Waals surface area contributed by atoms with Crippen LogP contribution in [0, 0.1) is 0 Å². The third-order valence-electron chi connectivity index (χ3n) is 2.60. The molecular weight excluding hydrogens is 242 g/mol. The number of thiophene rings is 1. The molecular formula is C15H19NOS. The third-order valence-corrected chi connectivity index (χ3v) is 3.33. The number of nitrogens with one attached hydrogen (secondary N) is 1. The van der Waals surface area contributed by atoms with E-state index < -0.39 is 0 Å². The summed E-state index contributed by atoms with van der Waals surface area (Å²) in [5.41, 5.74) is 2.48. The van der Waals surface area contributed by atoms with E-state index in [0.717, 1.165) is 12.3 Å². The average Bonchev–Trinajstić information content (AvgIpc) is 2.87. The van der Waals surface area contributed by atoms with Crippen molar-refractivity contribution in [1.82, 2.24) is 5.32 Å². The summed E-state index contributed by atoms with van der Waals surface area (Å²) in [5.74, 6) is 0.934. The zero-order valence-corrected chi connectivity index (χ0v) is 11.7. The fourth-order valence-electron chi connectivity index (χ4n) is 1.61. The molecule has 3 heteroatoms. The predicted molar refractivity (Wildman–Crippen MR) is 77.1 cm³/mol. The molecule has 96 valence electrons. The lowest BCUT2D eigenvalue weighted by Crippen LogP contribution is -2.21. The molecule has 18 heavy (non-hydrogen) atoms. The molecule has 0 aliphatic rings. The Hall–Kier alpha value is -1.32. The zero-order chi connectivity index (χ0) is 12.8. The van der Waals surface area contributed by atoms with E-state index in [9.17, 15) is 0 Å². The maximum Gasteiger partial charge on any atom is 0.120 e. The van der Waals surface area contributed by atoms with E-state index in [4.69, 9.17) is 4.74 Å². The molecule has 2 aromatic rings. The van der Waals surface area contributed by atoms with Gasteiger partial charge in [-0.2, -0.15) is 11.3 Å². The van der Waals surface area contributed by atoms with Crippen molar-refractivity contribution in [2.45, 2.75) is 33.0 Å². The Labute approximate surface area is 113 Å². The highest BCUT2D eigenvalue weighted by atomic mass is 32.1. The quantitative estimate of drug-likeness (QED) is 0.853. The first-order valence-electron chi connectivity index (χ1n) is 6.20. The van der Waals surface area contributed by atoms with E-state index in [2.05, 4.69) is 48.1 Å². The molecule has 0 aliphatic heterocycles. The molecule has 0 unspecified atom stereocenters. The SMILES string of the molecule is CC(C)NCc1cccc(OCc2ccsc2)c1. The van der Waals surface area contributed by atoms with Gasteiger partial charge in [0.25, 0.3) is 0 Å². The maximum absolute atomic E-state index is 5.78. The van der Waals surface area contributed by atoms with Crippen LogP contribution in [0.5, 0.6) is 5.75 Å². The lowest BCUT2D eigenvalue weighted by molar-refractivity contribution is 0.306. The molecule has 2 rings (SSSR count). The third kappa shape index (κ3) is 4.17. The van der Waals surface area contributed by atoms with Crippen LogP contribution in [-0.4, -0.2) is 6.04 Å². The summed E-state index contributed by atoms with van der Waals surface area (Å²) in [6.07, 6.45) is 0. The molecule has 1 aromatic heterocycles. The van der Waals surface area contributed by atoms with Crippen LogP contribution < -0.4 is 10.1 Å². The van der Waals surface area contributed by atoms with Gasteiger partial charge in [0, 0.05) is 12.6 Å². The van der Waals surface area contributed by atoms with Crippen LogP contribution in [-0.2, 0) is 13.2 Å². The molecule has 0 radical (unpaired) electrons. The first kappa shape index (κ1) is 13.1. The summed E-state index contributed by atoms with van der Waals surface area (Å²) >= 11 is 1.70. The second kappa shape index (κ2) is 6.57. The van der Waals surface area contributed by atoms with Crippen molar-refractivity contribution in [2.24, 2.45) is 0 Å². The van der Waals surface area contributed by atoms with Crippen molar-refractivity contribution in [1.29, 1.82) is 0 Å². The van der Waals surface area contributed by atoms with Crippen LogP contribution in [0.1, 0.15) is 25.0 Å². The lowest BCUT2D eigenvalue weighted by atomic mass is 10.2. The van der Waals surface area contributed by atoms with E-state index in [-0.39, 0.29) is 0 Å². The molecule has 1 heterocycles. The fourth-order valence-corrected chi connectivity index (χ4v) is 2.26. The Morgan fingerprint density at radius 3 is 2.83 bits per heavy atom. The maximum atomic E-state index is 5.78. The summed E-state index contributed by atoms with van der Waals surface area (Å²) < 4.78 is 5.78. The van der Waals surface area contributed by atoms with Crippen molar-refractivity contribution in [3.63, 3.8) is 0 Å². The summed E-state index contributed by atoms with van der Waals surface area (Å²) in [4.78, 5) is 0. The van der Waals surface area contributed by atoms with Gasteiger partial charge in [-0.1, -0.05) is 26.0 Å².